The van der Waals surface area contributed by atoms with Crippen LogP contribution in [0.1, 0.15) is 17.0 Å². The van der Waals surface area contributed by atoms with Gasteiger partial charge >= 0.3 is 6.18 Å². The van der Waals surface area contributed by atoms with Crippen LogP contribution in [0.4, 0.5) is 17.6 Å². The van der Waals surface area contributed by atoms with Gasteiger partial charge in [0.1, 0.15) is 17.6 Å². The van der Waals surface area contributed by atoms with E-state index in [0.29, 0.717) is 5.56 Å². The lowest BCUT2D eigenvalue weighted by atomic mass is 9.99. The standard InChI is InChI=1S/C14H8F4N2/c1-8-12(7-19)11(6-13(20-8)14(16,17)18)9-2-4-10(15)5-3-9/h2-6H,1H3. The predicted molar refractivity (Wildman–Crippen MR) is 64.1 cm³/mol. The third kappa shape index (κ3) is 2.62. The summed E-state index contributed by atoms with van der Waals surface area (Å²) in [6.45, 7) is 1.33. The van der Waals surface area contributed by atoms with Crippen LogP contribution in [0.25, 0.3) is 11.1 Å². The van der Waals surface area contributed by atoms with E-state index in [0.717, 1.165) is 18.2 Å². The zero-order chi connectivity index (χ0) is 14.9. The fourth-order valence-electron chi connectivity index (χ4n) is 1.82. The highest BCUT2D eigenvalue weighted by Crippen LogP contribution is 2.33. The summed E-state index contributed by atoms with van der Waals surface area (Å²) in [7, 11) is 0. The normalized spacial score (nSPS) is 11.2. The largest absolute Gasteiger partial charge is 0.433 e. The summed E-state index contributed by atoms with van der Waals surface area (Å²) in [4.78, 5) is 3.40. The summed E-state index contributed by atoms with van der Waals surface area (Å²) in [6.07, 6.45) is -4.60. The molecule has 0 unspecified atom stereocenters. The molecular weight excluding hydrogens is 272 g/mol. The van der Waals surface area contributed by atoms with Gasteiger partial charge in [0.15, 0.2) is 0 Å². The molecule has 0 aliphatic heterocycles. The van der Waals surface area contributed by atoms with Crippen molar-refractivity contribution in [2.45, 2.75) is 13.1 Å². The summed E-state index contributed by atoms with van der Waals surface area (Å²) < 4.78 is 51.1. The lowest BCUT2D eigenvalue weighted by Crippen LogP contribution is -2.10. The van der Waals surface area contributed by atoms with Crippen molar-refractivity contribution in [3.05, 3.63) is 53.1 Å². The lowest BCUT2D eigenvalue weighted by Gasteiger charge is -2.12. The Morgan fingerprint density at radius 1 is 1.15 bits per heavy atom. The van der Waals surface area contributed by atoms with Crippen LogP contribution in [-0.4, -0.2) is 4.98 Å². The van der Waals surface area contributed by atoms with E-state index in [-0.39, 0.29) is 16.8 Å². The van der Waals surface area contributed by atoms with E-state index in [1.54, 1.807) is 0 Å². The maximum absolute atomic E-state index is 12.9. The van der Waals surface area contributed by atoms with E-state index in [2.05, 4.69) is 4.98 Å². The number of aromatic nitrogens is 1. The van der Waals surface area contributed by atoms with Crippen LogP contribution in [-0.2, 0) is 6.18 Å². The Labute approximate surface area is 112 Å². The van der Waals surface area contributed by atoms with Gasteiger partial charge in [-0.25, -0.2) is 9.37 Å². The predicted octanol–water partition coefficient (Wildman–Crippen LogP) is 4.09. The Kier molecular flexibility index (Phi) is 3.45. The molecule has 102 valence electrons. The van der Waals surface area contributed by atoms with Crippen LogP contribution in [0.5, 0.6) is 0 Å². The summed E-state index contributed by atoms with van der Waals surface area (Å²) in [5.41, 5.74) is -0.620. The van der Waals surface area contributed by atoms with Gasteiger partial charge in [0, 0.05) is 5.56 Å². The number of benzene rings is 1. The van der Waals surface area contributed by atoms with E-state index in [1.807, 2.05) is 6.07 Å². The molecule has 0 bridgehead atoms. The van der Waals surface area contributed by atoms with E-state index in [1.165, 1.54) is 19.1 Å². The van der Waals surface area contributed by atoms with Crippen molar-refractivity contribution in [1.82, 2.24) is 4.98 Å². The first kappa shape index (κ1) is 14.0. The fraction of sp³-hybridized carbons (Fsp3) is 0.143. The summed E-state index contributed by atoms with van der Waals surface area (Å²) in [5, 5.41) is 9.06. The number of halogens is 4. The van der Waals surface area contributed by atoms with Crippen molar-refractivity contribution in [2.75, 3.05) is 0 Å². The molecule has 0 atom stereocenters. The van der Waals surface area contributed by atoms with Crippen LogP contribution in [0.3, 0.4) is 0 Å². The maximum Gasteiger partial charge on any atom is 0.433 e. The maximum atomic E-state index is 12.9. The highest BCUT2D eigenvalue weighted by Gasteiger charge is 2.34. The molecule has 0 aliphatic carbocycles. The zero-order valence-corrected chi connectivity index (χ0v) is 10.3. The lowest BCUT2D eigenvalue weighted by molar-refractivity contribution is -0.141. The molecule has 0 radical (unpaired) electrons. The monoisotopic (exact) mass is 280 g/mol. The van der Waals surface area contributed by atoms with E-state index < -0.39 is 17.7 Å². The summed E-state index contributed by atoms with van der Waals surface area (Å²) >= 11 is 0. The Morgan fingerprint density at radius 2 is 1.75 bits per heavy atom. The highest BCUT2D eigenvalue weighted by atomic mass is 19.4. The Morgan fingerprint density at radius 3 is 2.25 bits per heavy atom. The number of rotatable bonds is 1. The quantitative estimate of drug-likeness (QED) is 0.738. The van der Waals surface area contributed by atoms with Crippen molar-refractivity contribution in [3.63, 3.8) is 0 Å². The van der Waals surface area contributed by atoms with Gasteiger partial charge in [0.2, 0.25) is 0 Å². The molecule has 1 aromatic heterocycles. The number of alkyl halides is 3. The minimum Gasteiger partial charge on any atom is -0.247 e. The Bertz CT molecular complexity index is 682. The van der Waals surface area contributed by atoms with Gasteiger partial charge in [0.25, 0.3) is 0 Å². The summed E-state index contributed by atoms with van der Waals surface area (Å²) in [5.74, 6) is -0.505. The molecule has 6 heteroatoms. The van der Waals surface area contributed by atoms with Crippen LogP contribution in [0, 0.1) is 24.1 Å². The van der Waals surface area contributed by atoms with Crippen molar-refractivity contribution < 1.29 is 17.6 Å². The molecule has 0 fully saturated rings. The van der Waals surface area contributed by atoms with E-state index in [9.17, 15) is 17.6 Å². The van der Waals surface area contributed by atoms with Gasteiger partial charge in [-0.2, -0.15) is 18.4 Å². The molecule has 0 saturated heterocycles. The second kappa shape index (κ2) is 4.93. The minimum atomic E-state index is -4.60. The molecule has 0 spiro atoms. The average Bonchev–Trinajstić information content (AvgIpc) is 2.37. The number of hydrogen-bond acceptors (Lipinski definition) is 2. The molecule has 1 aromatic carbocycles. The minimum absolute atomic E-state index is 0.0124. The van der Waals surface area contributed by atoms with Crippen molar-refractivity contribution in [2.24, 2.45) is 0 Å². The molecule has 0 saturated carbocycles. The zero-order valence-electron chi connectivity index (χ0n) is 10.3. The first-order valence-electron chi connectivity index (χ1n) is 5.58. The van der Waals surface area contributed by atoms with Gasteiger partial charge in [0.05, 0.1) is 11.3 Å². The van der Waals surface area contributed by atoms with Crippen molar-refractivity contribution in [1.29, 1.82) is 5.26 Å². The Hall–Kier alpha value is -2.42. The third-order valence-electron chi connectivity index (χ3n) is 2.76. The first-order chi connectivity index (χ1) is 9.32. The van der Waals surface area contributed by atoms with Gasteiger partial charge in [-0.15, -0.1) is 0 Å². The highest BCUT2D eigenvalue weighted by molar-refractivity contribution is 5.71. The summed E-state index contributed by atoms with van der Waals surface area (Å²) in [6, 6.07) is 7.53. The molecular formula is C14H8F4N2. The molecule has 1 heterocycles. The number of nitrogens with zero attached hydrogens (tertiary/aromatic N) is 2. The van der Waals surface area contributed by atoms with Crippen LogP contribution in [0.15, 0.2) is 30.3 Å². The topological polar surface area (TPSA) is 36.7 Å². The average molecular weight is 280 g/mol. The number of nitriles is 1. The van der Waals surface area contributed by atoms with E-state index in [4.69, 9.17) is 5.26 Å². The van der Waals surface area contributed by atoms with Crippen LogP contribution in [0.2, 0.25) is 0 Å². The number of hydrogen-bond donors (Lipinski definition) is 0. The smallest absolute Gasteiger partial charge is 0.247 e. The second-order valence-corrected chi connectivity index (χ2v) is 4.13. The molecule has 2 rings (SSSR count). The Balaban J connectivity index is 2.70. The molecule has 0 amide bonds. The molecule has 20 heavy (non-hydrogen) atoms. The van der Waals surface area contributed by atoms with Crippen molar-refractivity contribution in [3.8, 4) is 17.2 Å². The fourth-order valence-corrected chi connectivity index (χ4v) is 1.82. The van der Waals surface area contributed by atoms with Crippen LogP contribution < -0.4 is 0 Å². The van der Waals surface area contributed by atoms with Gasteiger partial charge < -0.3 is 0 Å². The van der Waals surface area contributed by atoms with Gasteiger partial charge in [-0.1, -0.05) is 12.1 Å². The number of aryl methyl sites for hydroxylation is 1. The van der Waals surface area contributed by atoms with Gasteiger partial charge in [-0.05, 0) is 30.7 Å². The van der Waals surface area contributed by atoms with Crippen LogP contribution >= 0.6 is 0 Å². The first-order valence-corrected chi connectivity index (χ1v) is 5.58. The third-order valence-corrected chi connectivity index (χ3v) is 2.76. The van der Waals surface area contributed by atoms with E-state index >= 15 is 0 Å². The number of pyridine rings is 1. The molecule has 0 aliphatic rings. The van der Waals surface area contributed by atoms with Crippen molar-refractivity contribution >= 4 is 0 Å². The molecule has 2 nitrogen and oxygen atoms in total. The molecule has 2 aromatic rings. The SMILES string of the molecule is Cc1nc(C(F)(F)F)cc(-c2ccc(F)cc2)c1C#N. The molecule has 0 N–H and O–H groups in total. The second-order valence-electron chi connectivity index (χ2n) is 4.13. The van der Waals surface area contributed by atoms with Gasteiger partial charge in [-0.3, -0.25) is 0 Å².